The van der Waals surface area contributed by atoms with Gasteiger partial charge in [-0.1, -0.05) is 24.1 Å². The Morgan fingerprint density at radius 3 is 2.67 bits per heavy atom. The first-order valence-electron chi connectivity index (χ1n) is 7.04. The number of hydrogen-bond donors (Lipinski definition) is 1. The number of aliphatic hydroxyl groups excluding tert-OH is 1. The molecule has 1 fully saturated rings. The first-order chi connectivity index (χ1) is 8.70. The highest BCUT2D eigenvalue weighted by Gasteiger charge is 2.19. The Balaban J connectivity index is 2.08. The molecule has 0 aromatic heterocycles. The van der Waals surface area contributed by atoms with Crippen molar-refractivity contribution >= 4 is 0 Å². The van der Waals surface area contributed by atoms with Crippen LogP contribution in [0.1, 0.15) is 42.4 Å². The largest absolute Gasteiger partial charge is 0.493 e. The smallest absolute Gasteiger partial charge is 0.125 e. The Morgan fingerprint density at radius 2 is 2.06 bits per heavy atom. The lowest BCUT2D eigenvalue weighted by atomic mass is 9.86. The fraction of sp³-hybridized carbons (Fsp3) is 0.625. The molecule has 0 bridgehead atoms. The summed E-state index contributed by atoms with van der Waals surface area (Å²) < 4.78 is 6.04. The van der Waals surface area contributed by atoms with E-state index in [1.807, 2.05) is 0 Å². The molecule has 18 heavy (non-hydrogen) atoms. The van der Waals surface area contributed by atoms with Crippen LogP contribution in [-0.2, 0) is 6.42 Å². The van der Waals surface area contributed by atoms with E-state index in [-0.39, 0.29) is 6.61 Å². The Bertz CT molecular complexity index is 394. The molecular formula is C16H24O2. The highest BCUT2D eigenvalue weighted by molar-refractivity contribution is 5.44. The fourth-order valence-corrected chi connectivity index (χ4v) is 2.56. The summed E-state index contributed by atoms with van der Waals surface area (Å²) in [5, 5.41) is 8.98. The number of rotatable bonds is 6. The Hall–Kier alpha value is -1.02. The molecule has 0 saturated heterocycles. The minimum atomic E-state index is 0.245. The summed E-state index contributed by atoms with van der Waals surface area (Å²) >= 11 is 0. The van der Waals surface area contributed by atoms with Crippen LogP contribution in [0.4, 0.5) is 0 Å². The van der Waals surface area contributed by atoms with Crippen LogP contribution < -0.4 is 4.74 Å². The van der Waals surface area contributed by atoms with Gasteiger partial charge in [-0.2, -0.15) is 0 Å². The maximum absolute atomic E-state index is 8.98. The van der Waals surface area contributed by atoms with E-state index in [4.69, 9.17) is 9.84 Å². The molecule has 2 rings (SSSR count). The van der Waals surface area contributed by atoms with E-state index < -0.39 is 0 Å². The van der Waals surface area contributed by atoms with Crippen molar-refractivity contribution in [2.75, 3.05) is 13.2 Å². The normalized spacial score (nSPS) is 15.5. The van der Waals surface area contributed by atoms with Crippen molar-refractivity contribution < 1.29 is 9.84 Å². The molecule has 1 aromatic carbocycles. The molecule has 2 heteroatoms. The SMILES string of the molecule is Cc1cc(C)c(OCC2CCC2)c(CCCO)c1. The lowest BCUT2D eigenvalue weighted by molar-refractivity contribution is 0.178. The third kappa shape index (κ3) is 3.26. The van der Waals surface area contributed by atoms with Crippen molar-refractivity contribution in [1.82, 2.24) is 0 Å². The zero-order valence-electron chi connectivity index (χ0n) is 11.5. The van der Waals surface area contributed by atoms with Crippen LogP contribution in [0, 0.1) is 19.8 Å². The molecule has 1 aliphatic carbocycles. The minimum absolute atomic E-state index is 0.245. The Morgan fingerprint density at radius 1 is 1.28 bits per heavy atom. The summed E-state index contributed by atoms with van der Waals surface area (Å²) in [7, 11) is 0. The van der Waals surface area contributed by atoms with E-state index in [1.54, 1.807) is 0 Å². The average molecular weight is 248 g/mol. The van der Waals surface area contributed by atoms with E-state index in [9.17, 15) is 0 Å². The molecule has 0 aliphatic heterocycles. The van der Waals surface area contributed by atoms with E-state index >= 15 is 0 Å². The predicted octanol–water partition coefficient (Wildman–Crippen LogP) is 3.41. The van der Waals surface area contributed by atoms with E-state index in [1.165, 1.54) is 36.0 Å². The summed E-state index contributed by atoms with van der Waals surface area (Å²) in [6, 6.07) is 4.37. The van der Waals surface area contributed by atoms with Gasteiger partial charge in [-0.25, -0.2) is 0 Å². The number of aryl methyl sites for hydroxylation is 3. The van der Waals surface area contributed by atoms with Gasteiger partial charge in [-0.15, -0.1) is 0 Å². The van der Waals surface area contributed by atoms with Gasteiger partial charge in [0.15, 0.2) is 0 Å². The van der Waals surface area contributed by atoms with Gasteiger partial charge in [-0.05, 0) is 56.6 Å². The van der Waals surface area contributed by atoms with Gasteiger partial charge >= 0.3 is 0 Å². The molecule has 1 saturated carbocycles. The Labute approximate surface area is 110 Å². The third-order valence-electron chi connectivity index (χ3n) is 3.79. The van der Waals surface area contributed by atoms with E-state index in [2.05, 4.69) is 26.0 Å². The molecule has 0 atom stereocenters. The molecule has 1 aliphatic rings. The second-order valence-electron chi connectivity index (χ2n) is 5.51. The fourth-order valence-electron chi connectivity index (χ4n) is 2.56. The number of benzene rings is 1. The van der Waals surface area contributed by atoms with Crippen LogP contribution in [0.3, 0.4) is 0 Å². The molecule has 2 nitrogen and oxygen atoms in total. The molecular weight excluding hydrogens is 224 g/mol. The van der Waals surface area contributed by atoms with Crippen molar-refractivity contribution in [3.8, 4) is 5.75 Å². The van der Waals surface area contributed by atoms with Gasteiger partial charge in [0.05, 0.1) is 6.61 Å². The second kappa shape index (κ2) is 6.24. The van der Waals surface area contributed by atoms with Gasteiger partial charge in [-0.3, -0.25) is 0 Å². The average Bonchev–Trinajstić information content (AvgIpc) is 2.26. The van der Waals surface area contributed by atoms with Crippen molar-refractivity contribution in [3.63, 3.8) is 0 Å². The zero-order valence-corrected chi connectivity index (χ0v) is 11.5. The number of aliphatic hydroxyl groups is 1. The first-order valence-corrected chi connectivity index (χ1v) is 7.04. The lowest BCUT2D eigenvalue weighted by Gasteiger charge is -2.26. The van der Waals surface area contributed by atoms with Crippen LogP contribution >= 0.6 is 0 Å². The molecule has 0 unspecified atom stereocenters. The standard InChI is InChI=1S/C16H24O2/c1-12-9-13(2)16(15(10-12)7-4-8-17)18-11-14-5-3-6-14/h9-10,14,17H,3-8,11H2,1-2H3. The van der Waals surface area contributed by atoms with Gasteiger partial charge in [0.1, 0.15) is 5.75 Å². The van der Waals surface area contributed by atoms with Gasteiger partial charge < -0.3 is 9.84 Å². The summed E-state index contributed by atoms with van der Waals surface area (Å²) in [5.74, 6) is 1.82. The molecule has 0 heterocycles. The number of hydrogen-bond acceptors (Lipinski definition) is 2. The summed E-state index contributed by atoms with van der Waals surface area (Å²) in [6.45, 7) is 5.34. The maximum Gasteiger partial charge on any atom is 0.125 e. The zero-order chi connectivity index (χ0) is 13.0. The quantitative estimate of drug-likeness (QED) is 0.836. The summed E-state index contributed by atoms with van der Waals surface area (Å²) in [6.07, 6.45) is 5.70. The van der Waals surface area contributed by atoms with Crippen molar-refractivity contribution in [2.45, 2.75) is 46.0 Å². The minimum Gasteiger partial charge on any atom is -0.493 e. The summed E-state index contributed by atoms with van der Waals surface area (Å²) in [4.78, 5) is 0. The maximum atomic E-state index is 8.98. The van der Waals surface area contributed by atoms with Crippen LogP contribution in [0.2, 0.25) is 0 Å². The van der Waals surface area contributed by atoms with Gasteiger partial charge in [0.25, 0.3) is 0 Å². The van der Waals surface area contributed by atoms with Crippen LogP contribution in [-0.4, -0.2) is 18.3 Å². The first kappa shape index (κ1) is 13.4. The highest BCUT2D eigenvalue weighted by Crippen LogP contribution is 2.31. The predicted molar refractivity (Wildman–Crippen MR) is 74.2 cm³/mol. The van der Waals surface area contributed by atoms with Gasteiger partial charge in [0.2, 0.25) is 0 Å². The van der Waals surface area contributed by atoms with Crippen LogP contribution in [0.25, 0.3) is 0 Å². The van der Waals surface area contributed by atoms with Crippen LogP contribution in [0.15, 0.2) is 12.1 Å². The van der Waals surface area contributed by atoms with Crippen molar-refractivity contribution in [2.24, 2.45) is 5.92 Å². The Kier molecular flexibility index (Phi) is 4.65. The lowest BCUT2D eigenvalue weighted by Crippen LogP contribution is -2.20. The molecule has 100 valence electrons. The number of ether oxygens (including phenoxy) is 1. The molecule has 0 spiro atoms. The third-order valence-corrected chi connectivity index (χ3v) is 3.79. The van der Waals surface area contributed by atoms with Crippen molar-refractivity contribution in [3.05, 3.63) is 28.8 Å². The summed E-state index contributed by atoms with van der Waals surface area (Å²) in [5.41, 5.74) is 3.75. The topological polar surface area (TPSA) is 29.5 Å². The van der Waals surface area contributed by atoms with Crippen LogP contribution in [0.5, 0.6) is 5.75 Å². The molecule has 0 radical (unpaired) electrons. The van der Waals surface area contributed by atoms with E-state index in [0.717, 1.165) is 31.1 Å². The molecule has 0 amide bonds. The molecule has 1 aromatic rings. The monoisotopic (exact) mass is 248 g/mol. The second-order valence-corrected chi connectivity index (χ2v) is 5.51. The highest BCUT2D eigenvalue weighted by atomic mass is 16.5. The van der Waals surface area contributed by atoms with E-state index in [0.29, 0.717) is 0 Å². The van der Waals surface area contributed by atoms with Crippen molar-refractivity contribution in [1.29, 1.82) is 0 Å². The molecule has 1 N–H and O–H groups in total. The van der Waals surface area contributed by atoms with Gasteiger partial charge in [0, 0.05) is 6.61 Å².